The van der Waals surface area contributed by atoms with Crippen LogP contribution in [0.3, 0.4) is 0 Å². The summed E-state index contributed by atoms with van der Waals surface area (Å²) in [6.07, 6.45) is 7.84. The van der Waals surface area contributed by atoms with Gasteiger partial charge in [-0.05, 0) is 25.0 Å². The predicted molar refractivity (Wildman–Crippen MR) is 69.6 cm³/mol. The molecular formula is C12H21N3S. The van der Waals surface area contributed by atoms with E-state index in [2.05, 4.69) is 40.6 Å². The average molecular weight is 239 g/mol. The second-order valence-electron chi connectivity index (χ2n) is 4.46. The molecule has 2 atom stereocenters. The number of aryl methyl sites for hydroxylation is 1. The van der Waals surface area contributed by atoms with Crippen LogP contribution in [0.25, 0.3) is 0 Å². The van der Waals surface area contributed by atoms with Crippen molar-refractivity contribution in [1.29, 1.82) is 0 Å². The highest BCUT2D eigenvalue weighted by Crippen LogP contribution is 2.29. The van der Waals surface area contributed by atoms with Gasteiger partial charge in [-0.15, -0.1) is 0 Å². The first-order valence-corrected chi connectivity index (χ1v) is 7.14. The molecule has 0 aliphatic heterocycles. The van der Waals surface area contributed by atoms with Gasteiger partial charge in [0, 0.05) is 31.1 Å². The summed E-state index contributed by atoms with van der Waals surface area (Å²) < 4.78 is 2.08. The lowest BCUT2D eigenvalue weighted by atomic mass is 10.2. The van der Waals surface area contributed by atoms with E-state index in [1.54, 1.807) is 0 Å². The number of imidazole rings is 1. The Hall–Kier alpha value is -0.480. The van der Waals surface area contributed by atoms with Crippen LogP contribution >= 0.6 is 11.8 Å². The highest BCUT2D eigenvalue weighted by molar-refractivity contribution is 7.99. The molecule has 1 fully saturated rings. The Kier molecular flexibility index (Phi) is 4.29. The van der Waals surface area contributed by atoms with Crippen molar-refractivity contribution in [3.63, 3.8) is 0 Å². The van der Waals surface area contributed by atoms with Crippen molar-refractivity contribution in [2.45, 2.75) is 44.0 Å². The zero-order valence-corrected chi connectivity index (χ0v) is 11.0. The number of rotatable bonds is 5. The molecule has 0 spiro atoms. The SMILES string of the molecule is CCSC1CCC(NCc2cncn2C)C1. The lowest BCUT2D eigenvalue weighted by molar-refractivity contribution is 0.514. The van der Waals surface area contributed by atoms with Crippen LogP contribution in [0.4, 0.5) is 0 Å². The fourth-order valence-electron chi connectivity index (χ4n) is 2.32. The van der Waals surface area contributed by atoms with Crippen molar-refractivity contribution in [2.75, 3.05) is 5.75 Å². The summed E-state index contributed by atoms with van der Waals surface area (Å²) in [4.78, 5) is 4.13. The van der Waals surface area contributed by atoms with Crippen LogP contribution in [0.2, 0.25) is 0 Å². The predicted octanol–water partition coefficient (Wildman–Crippen LogP) is 2.18. The molecule has 3 nitrogen and oxygen atoms in total. The van der Waals surface area contributed by atoms with Gasteiger partial charge in [0.1, 0.15) is 0 Å². The quantitative estimate of drug-likeness (QED) is 0.854. The minimum atomic E-state index is 0.707. The lowest BCUT2D eigenvalue weighted by Crippen LogP contribution is -2.27. The van der Waals surface area contributed by atoms with E-state index in [0.717, 1.165) is 11.8 Å². The van der Waals surface area contributed by atoms with E-state index in [9.17, 15) is 0 Å². The summed E-state index contributed by atoms with van der Waals surface area (Å²) in [5.74, 6) is 1.25. The van der Waals surface area contributed by atoms with E-state index < -0.39 is 0 Å². The average Bonchev–Trinajstić information content (AvgIpc) is 2.86. The Balaban J connectivity index is 1.74. The zero-order chi connectivity index (χ0) is 11.4. The summed E-state index contributed by atoms with van der Waals surface area (Å²) in [6, 6.07) is 0.707. The van der Waals surface area contributed by atoms with E-state index in [1.807, 2.05) is 12.5 Å². The fraction of sp³-hybridized carbons (Fsp3) is 0.750. The van der Waals surface area contributed by atoms with E-state index in [0.29, 0.717) is 6.04 Å². The van der Waals surface area contributed by atoms with Crippen LogP contribution < -0.4 is 5.32 Å². The van der Waals surface area contributed by atoms with Crippen molar-refractivity contribution in [3.05, 3.63) is 18.2 Å². The van der Waals surface area contributed by atoms with Gasteiger partial charge in [0.05, 0.1) is 12.0 Å². The molecular weight excluding hydrogens is 218 g/mol. The van der Waals surface area contributed by atoms with Gasteiger partial charge < -0.3 is 9.88 Å². The maximum absolute atomic E-state index is 4.13. The van der Waals surface area contributed by atoms with Crippen LogP contribution in [0.15, 0.2) is 12.5 Å². The second kappa shape index (κ2) is 5.73. The Labute approximate surface area is 102 Å². The topological polar surface area (TPSA) is 29.9 Å². The summed E-state index contributed by atoms with van der Waals surface area (Å²) >= 11 is 2.11. The third kappa shape index (κ3) is 3.01. The van der Waals surface area contributed by atoms with Crippen molar-refractivity contribution >= 4 is 11.8 Å². The van der Waals surface area contributed by atoms with Crippen molar-refractivity contribution in [1.82, 2.24) is 14.9 Å². The molecule has 0 radical (unpaired) electrons. The van der Waals surface area contributed by atoms with Crippen LogP contribution in [0.5, 0.6) is 0 Å². The summed E-state index contributed by atoms with van der Waals surface area (Å²) in [6.45, 7) is 3.20. The third-order valence-electron chi connectivity index (χ3n) is 3.28. The molecule has 4 heteroatoms. The summed E-state index contributed by atoms with van der Waals surface area (Å²) in [5.41, 5.74) is 1.27. The maximum Gasteiger partial charge on any atom is 0.0945 e. The fourth-order valence-corrected chi connectivity index (χ4v) is 3.46. The minimum absolute atomic E-state index is 0.707. The smallest absolute Gasteiger partial charge is 0.0945 e. The van der Waals surface area contributed by atoms with Gasteiger partial charge >= 0.3 is 0 Å². The van der Waals surface area contributed by atoms with Gasteiger partial charge in [-0.25, -0.2) is 4.98 Å². The monoisotopic (exact) mass is 239 g/mol. The molecule has 1 N–H and O–H groups in total. The van der Waals surface area contributed by atoms with Gasteiger partial charge in [-0.1, -0.05) is 6.92 Å². The lowest BCUT2D eigenvalue weighted by Gasteiger charge is -2.13. The van der Waals surface area contributed by atoms with Gasteiger partial charge in [-0.3, -0.25) is 0 Å². The van der Waals surface area contributed by atoms with Gasteiger partial charge in [-0.2, -0.15) is 11.8 Å². The van der Waals surface area contributed by atoms with Crippen LogP contribution in [0.1, 0.15) is 31.9 Å². The van der Waals surface area contributed by atoms with Gasteiger partial charge in [0.2, 0.25) is 0 Å². The molecule has 90 valence electrons. The maximum atomic E-state index is 4.13. The molecule has 16 heavy (non-hydrogen) atoms. The van der Waals surface area contributed by atoms with E-state index >= 15 is 0 Å². The highest BCUT2D eigenvalue weighted by Gasteiger charge is 2.23. The number of hydrogen-bond donors (Lipinski definition) is 1. The van der Waals surface area contributed by atoms with Crippen LogP contribution in [-0.2, 0) is 13.6 Å². The highest BCUT2D eigenvalue weighted by atomic mass is 32.2. The Morgan fingerprint density at radius 2 is 2.44 bits per heavy atom. The molecule has 1 saturated carbocycles. The van der Waals surface area contributed by atoms with E-state index in [1.165, 1.54) is 30.7 Å². The first-order valence-electron chi connectivity index (χ1n) is 6.09. The summed E-state index contributed by atoms with van der Waals surface area (Å²) in [5, 5.41) is 4.52. The number of nitrogens with one attached hydrogen (secondary N) is 1. The number of thioether (sulfide) groups is 1. The molecule has 1 heterocycles. The first-order chi connectivity index (χ1) is 7.79. The number of aromatic nitrogens is 2. The van der Waals surface area contributed by atoms with Crippen molar-refractivity contribution in [3.8, 4) is 0 Å². The third-order valence-corrected chi connectivity index (χ3v) is 4.51. The molecule has 2 unspecified atom stereocenters. The first kappa shape index (κ1) is 12.0. The minimum Gasteiger partial charge on any atom is -0.337 e. The number of nitrogens with zero attached hydrogens (tertiary/aromatic N) is 2. The van der Waals surface area contributed by atoms with Crippen LogP contribution in [0, 0.1) is 0 Å². The van der Waals surface area contributed by atoms with E-state index in [4.69, 9.17) is 0 Å². The zero-order valence-electron chi connectivity index (χ0n) is 10.1. The second-order valence-corrected chi connectivity index (χ2v) is 6.04. The van der Waals surface area contributed by atoms with Crippen molar-refractivity contribution < 1.29 is 0 Å². The molecule has 1 aliphatic rings. The van der Waals surface area contributed by atoms with Crippen LogP contribution in [-0.4, -0.2) is 26.6 Å². The molecule has 0 saturated heterocycles. The Bertz CT molecular complexity index is 324. The normalized spacial score (nSPS) is 25.1. The Morgan fingerprint density at radius 3 is 3.12 bits per heavy atom. The van der Waals surface area contributed by atoms with E-state index in [-0.39, 0.29) is 0 Å². The largest absolute Gasteiger partial charge is 0.337 e. The molecule has 2 rings (SSSR count). The molecule has 1 aromatic rings. The molecule has 1 aromatic heterocycles. The van der Waals surface area contributed by atoms with Gasteiger partial charge in [0.25, 0.3) is 0 Å². The van der Waals surface area contributed by atoms with Gasteiger partial charge in [0.15, 0.2) is 0 Å². The molecule has 0 amide bonds. The summed E-state index contributed by atoms with van der Waals surface area (Å²) in [7, 11) is 2.05. The molecule has 0 bridgehead atoms. The number of hydrogen-bond acceptors (Lipinski definition) is 3. The molecule has 1 aliphatic carbocycles. The standard InChI is InChI=1S/C12H21N3S/c1-3-16-12-5-4-10(6-12)14-8-11-7-13-9-15(11)2/h7,9-10,12,14H,3-6,8H2,1-2H3. The Morgan fingerprint density at radius 1 is 1.56 bits per heavy atom. The van der Waals surface area contributed by atoms with Crippen molar-refractivity contribution in [2.24, 2.45) is 7.05 Å². The molecule has 0 aromatic carbocycles.